The van der Waals surface area contributed by atoms with Crippen molar-refractivity contribution >= 4 is 18.2 Å². The number of carbonyl (C=O) groups is 2. The van der Waals surface area contributed by atoms with Crippen LogP contribution in [0.4, 0.5) is 0 Å². The standard InChI is InChI=1S/C5H9NO4.C3H3O.K/c6-3(5(9)10)1-2-4(7)8;1-2-3-4;/h3H,1-2,6H2,(H,7,8)(H,9,10);2H,1H2;/q;-1;+1/t3-;;/m0../s1. The maximum absolute atomic E-state index is 9.99. The number of carbonyl (C=O) groups excluding carboxylic acids is 1. The molecular formula is C8H12KNO5. The molecule has 0 fully saturated rings. The summed E-state index contributed by atoms with van der Waals surface area (Å²) < 4.78 is 0. The van der Waals surface area contributed by atoms with E-state index in [1.54, 1.807) is 0 Å². The first-order valence-corrected chi connectivity index (χ1v) is 3.64. The molecule has 0 saturated carbocycles. The molecule has 7 heteroatoms. The number of carboxylic acids is 2. The Morgan fingerprint density at radius 3 is 2.07 bits per heavy atom. The van der Waals surface area contributed by atoms with Crippen molar-refractivity contribution in [1.29, 1.82) is 0 Å². The van der Waals surface area contributed by atoms with Gasteiger partial charge in [0.2, 0.25) is 0 Å². The van der Waals surface area contributed by atoms with Crippen LogP contribution in [0.5, 0.6) is 0 Å². The fraction of sp³-hybridized carbons (Fsp3) is 0.375. The zero-order chi connectivity index (χ0) is 11.6. The van der Waals surface area contributed by atoms with Crippen LogP contribution in [0.25, 0.3) is 0 Å². The largest absolute Gasteiger partial charge is 1.00 e. The van der Waals surface area contributed by atoms with Crippen LogP contribution in [0.2, 0.25) is 0 Å². The van der Waals surface area contributed by atoms with E-state index in [4.69, 9.17) is 20.7 Å². The molecule has 0 amide bonds. The summed E-state index contributed by atoms with van der Waals surface area (Å²) in [5.74, 6) is -2.20. The van der Waals surface area contributed by atoms with E-state index in [1.807, 2.05) is 0 Å². The van der Waals surface area contributed by atoms with Gasteiger partial charge in [-0.2, -0.15) is 0 Å². The van der Waals surface area contributed by atoms with Crippen molar-refractivity contribution in [2.45, 2.75) is 18.9 Å². The second-order valence-corrected chi connectivity index (χ2v) is 2.20. The van der Waals surface area contributed by atoms with Gasteiger partial charge < -0.3 is 20.7 Å². The van der Waals surface area contributed by atoms with Gasteiger partial charge in [0.1, 0.15) is 6.04 Å². The molecular weight excluding hydrogens is 229 g/mol. The third kappa shape index (κ3) is 20.1. The van der Waals surface area contributed by atoms with Crippen LogP contribution >= 0.6 is 0 Å². The quantitative estimate of drug-likeness (QED) is 0.262. The van der Waals surface area contributed by atoms with Gasteiger partial charge in [0.05, 0.1) is 0 Å². The minimum atomic E-state index is -1.17. The van der Waals surface area contributed by atoms with Crippen molar-refractivity contribution in [3.05, 3.63) is 12.7 Å². The van der Waals surface area contributed by atoms with Crippen LogP contribution in [0.15, 0.2) is 12.7 Å². The summed E-state index contributed by atoms with van der Waals surface area (Å²) in [6, 6.07) is -1.06. The molecule has 0 aromatic carbocycles. The van der Waals surface area contributed by atoms with Gasteiger partial charge in [0.25, 0.3) is 0 Å². The average Bonchev–Trinajstić information content (AvgIpc) is 2.14. The number of hydrogen-bond donors (Lipinski definition) is 3. The Morgan fingerprint density at radius 2 is 1.87 bits per heavy atom. The smallest absolute Gasteiger partial charge is 0.481 e. The van der Waals surface area contributed by atoms with Crippen LogP contribution in [-0.4, -0.2) is 34.5 Å². The van der Waals surface area contributed by atoms with Crippen molar-refractivity contribution in [3.63, 3.8) is 0 Å². The third-order valence-corrected chi connectivity index (χ3v) is 1.07. The molecule has 15 heavy (non-hydrogen) atoms. The van der Waals surface area contributed by atoms with Crippen LogP contribution in [0, 0.1) is 0 Å². The van der Waals surface area contributed by atoms with Gasteiger partial charge in [-0.1, -0.05) is 0 Å². The number of aliphatic carboxylic acids is 2. The average molecular weight is 241 g/mol. The Bertz CT molecular complexity index is 213. The number of hydrogen-bond acceptors (Lipinski definition) is 4. The van der Waals surface area contributed by atoms with Crippen molar-refractivity contribution in [3.8, 4) is 0 Å². The van der Waals surface area contributed by atoms with Gasteiger partial charge in [-0.15, -0.1) is 0 Å². The normalized spacial score (nSPS) is 9.67. The summed E-state index contributed by atoms with van der Waals surface area (Å²) in [6.45, 7) is 3.06. The monoisotopic (exact) mass is 241 g/mol. The van der Waals surface area contributed by atoms with Gasteiger partial charge in [-0.3, -0.25) is 9.59 Å². The van der Waals surface area contributed by atoms with E-state index in [2.05, 4.69) is 6.58 Å². The minimum Gasteiger partial charge on any atom is -0.481 e. The molecule has 0 radical (unpaired) electrons. The minimum absolute atomic E-state index is 0. The first-order chi connectivity index (χ1) is 6.45. The fourth-order valence-corrected chi connectivity index (χ4v) is 0.402. The molecule has 0 spiro atoms. The zero-order valence-electron chi connectivity index (χ0n) is 8.47. The summed E-state index contributed by atoms with van der Waals surface area (Å²) >= 11 is 0. The van der Waals surface area contributed by atoms with E-state index < -0.39 is 18.0 Å². The number of carboxylic acid groups (broad SMARTS) is 2. The molecule has 0 heterocycles. The molecule has 0 unspecified atom stereocenters. The SMILES string of the molecule is C=C[C-]=O.N[C@@H](CCC(=O)O)C(=O)O.[K+]. The summed E-state index contributed by atoms with van der Waals surface area (Å²) in [4.78, 5) is 28.8. The van der Waals surface area contributed by atoms with Gasteiger partial charge >= 0.3 is 63.3 Å². The predicted octanol–water partition coefficient (Wildman–Crippen LogP) is -3.45. The van der Waals surface area contributed by atoms with E-state index in [1.165, 1.54) is 6.29 Å². The van der Waals surface area contributed by atoms with Crippen LogP contribution in [0.3, 0.4) is 0 Å². The molecule has 0 aromatic rings. The predicted molar refractivity (Wildman–Crippen MR) is 48.4 cm³/mol. The summed E-state index contributed by atoms with van der Waals surface area (Å²) in [5.41, 5.74) is 5.00. The topological polar surface area (TPSA) is 118 Å². The van der Waals surface area contributed by atoms with E-state index in [-0.39, 0.29) is 64.2 Å². The van der Waals surface area contributed by atoms with E-state index >= 15 is 0 Å². The van der Waals surface area contributed by atoms with E-state index in [9.17, 15) is 9.59 Å². The van der Waals surface area contributed by atoms with Gasteiger partial charge in [0, 0.05) is 6.42 Å². The molecule has 4 N–H and O–H groups in total. The molecule has 0 aliphatic carbocycles. The van der Waals surface area contributed by atoms with Crippen LogP contribution in [-0.2, 0) is 14.4 Å². The Kier molecular flexibility index (Phi) is 18.9. The summed E-state index contributed by atoms with van der Waals surface area (Å²) in [5, 5.41) is 16.3. The van der Waals surface area contributed by atoms with E-state index in [0.29, 0.717) is 0 Å². The van der Waals surface area contributed by atoms with E-state index in [0.717, 1.165) is 6.08 Å². The van der Waals surface area contributed by atoms with Gasteiger partial charge in [-0.25, -0.2) is 12.7 Å². The molecule has 6 nitrogen and oxygen atoms in total. The molecule has 0 saturated heterocycles. The number of allylic oxidation sites excluding steroid dienone is 1. The zero-order valence-corrected chi connectivity index (χ0v) is 11.6. The van der Waals surface area contributed by atoms with Crippen molar-refractivity contribution < 1.29 is 76.0 Å². The Hall–Kier alpha value is -0.0536. The molecule has 0 aliphatic rings. The molecule has 0 aliphatic heterocycles. The summed E-state index contributed by atoms with van der Waals surface area (Å²) in [6.07, 6.45) is 2.29. The van der Waals surface area contributed by atoms with Gasteiger partial charge in [0.15, 0.2) is 0 Å². The maximum Gasteiger partial charge on any atom is 1.00 e. The van der Waals surface area contributed by atoms with Crippen LogP contribution < -0.4 is 57.1 Å². The summed E-state index contributed by atoms with van der Waals surface area (Å²) in [7, 11) is 0. The van der Waals surface area contributed by atoms with Crippen molar-refractivity contribution in [2.24, 2.45) is 5.73 Å². The Balaban J connectivity index is -0.000000249. The van der Waals surface area contributed by atoms with Gasteiger partial charge in [-0.05, 0) is 12.7 Å². The Morgan fingerprint density at radius 1 is 1.47 bits per heavy atom. The first-order valence-electron chi connectivity index (χ1n) is 3.64. The maximum atomic E-state index is 9.99. The molecule has 0 bridgehead atoms. The van der Waals surface area contributed by atoms with Crippen molar-refractivity contribution in [2.75, 3.05) is 0 Å². The molecule has 1 atom stereocenters. The Labute approximate surface area is 130 Å². The molecule has 80 valence electrons. The van der Waals surface area contributed by atoms with Crippen LogP contribution in [0.1, 0.15) is 12.8 Å². The second-order valence-electron chi connectivity index (χ2n) is 2.20. The number of nitrogens with two attached hydrogens (primary N) is 1. The van der Waals surface area contributed by atoms with Crippen molar-refractivity contribution in [1.82, 2.24) is 0 Å². The second kappa shape index (κ2) is 13.9. The molecule has 0 aromatic heterocycles. The number of rotatable bonds is 5. The third-order valence-electron chi connectivity index (χ3n) is 1.07. The molecule has 0 rings (SSSR count). The first kappa shape index (κ1) is 20.4. The fourth-order valence-electron chi connectivity index (χ4n) is 0.402.